The van der Waals surface area contributed by atoms with Crippen molar-refractivity contribution in [2.24, 2.45) is 0 Å². The van der Waals surface area contributed by atoms with E-state index in [2.05, 4.69) is 46.6 Å². The van der Waals surface area contributed by atoms with Gasteiger partial charge in [-0.1, -0.05) is 79.9 Å². The average Bonchev–Trinajstić information content (AvgIpc) is 3.00. The topological polar surface area (TPSA) is 32.3 Å². The standard InChI is InChI=1S/C22H26N2O/c25-22-20(16-17-10-4-1-5-11-17)23-21(18-12-6-2-7-13-18)24(22)19-14-8-3-9-15-19/h1-2,4-7,10-13,19-21,23H,3,8-9,14-16H2/t20-,21+/m0/s1. The van der Waals surface area contributed by atoms with Gasteiger partial charge < -0.3 is 4.90 Å². The maximum absolute atomic E-state index is 13.3. The first-order valence-electron chi connectivity index (χ1n) is 9.50. The molecule has 2 aromatic carbocycles. The minimum atomic E-state index is -0.130. The number of benzene rings is 2. The molecule has 1 heterocycles. The van der Waals surface area contributed by atoms with Crippen LogP contribution in [0.25, 0.3) is 0 Å². The monoisotopic (exact) mass is 334 g/mol. The molecular weight excluding hydrogens is 308 g/mol. The maximum Gasteiger partial charge on any atom is 0.241 e. The molecule has 4 rings (SSSR count). The van der Waals surface area contributed by atoms with Crippen LogP contribution in [0.4, 0.5) is 0 Å². The average molecular weight is 334 g/mol. The van der Waals surface area contributed by atoms with Gasteiger partial charge in [0.2, 0.25) is 5.91 Å². The Morgan fingerprint density at radius 1 is 0.880 bits per heavy atom. The van der Waals surface area contributed by atoms with Crippen LogP contribution in [0.2, 0.25) is 0 Å². The van der Waals surface area contributed by atoms with Gasteiger partial charge in [0, 0.05) is 6.04 Å². The third-order valence-electron chi connectivity index (χ3n) is 5.56. The van der Waals surface area contributed by atoms with Gasteiger partial charge in [0.25, 0.3) is 0 Å². The van der Waals surface area contributed by atoms with Crippen LogP contribution in [0.5, 0.6) is 0 Å². The molecule has 0 radical (unpaired) electrons. The summed E-state index contributed by atoms with van der Waals surface area (Å²) in [5.74, 6) is 0.268. The van der Waals surface area contributed by atoms with Crippen LogP contribution in [0, 0.1) is 0 Å². The summed E-state index contributed by atoms with van der Waals surface area (Å²) < 4.78 is 0. The first kappa shape index (κ1) is 16.3. The minimum absolute atomic E-state index is 0.00510. The van der Waals surface area contributed by atoms with E-state index in [0.29, 0.717) is 6.04 Å². The molecule has 0 aromatic heterocycles. The summed E-state index contributed by atoms with van der Waals surface area (Å²) in [5.41, 5.74) is 2.41. The van der Waals surface area contributed by atoms with Crippen LogP contribution in [0.3, 0.4) is 0 Å². The zero-order chi connectivity index (χ0) is 17.1. The number of hydrogen-bond acceptors (Lipinski definition) is 2. The third-order valence-corrected chi connectivity index (χ3v) is 5.56. The van der Waals surface area contributed by atoms with E-state index in [4.69, 9.17) is 0 Å². The van der Waals surface area contributed by atoms with Gasteiger partial charge in [-0.3, -0.25) is 10.1 Å². The van der Waals surface area contributed by atoms with Crippen molar-refractivity contribution in [1.82, 2.24) is 10.2 Å². The molecule has 3 heteroatoms. The lowest BCUT2D eigenvalue weighted by molar-refractivity contribution is -0.133. The first-order chi connectivity index (χ1) is 12.3. The summed E-state index contributed by atoms with van der Waals surface area (Å²) in [6.07, 6.45) is 6.80. The van der Waals surface area contributed by atoms with E-state index >= 15 is 0 Å². The fraction of sp³-hybridized carbons (Fsp3) is 0.409. The Bertz CT molecular complexity index is 694. The zero-order valence-electron chi connectivity index (χ0n) is 14.6. The molecule has 2 atom stereocenters. The second kappa shape index (κ2) is 7.40. The molecule has 0 bridgehead atoms. The van der Waals surface area contributed by atoms with Crippen molar-refractivity contribution in [3.63, 3.8) is 0 Å². The van der Waals surface area contributed by atoms with Crippen LogP contribution >= 0.6 is 0 Å². The smallest absolute Gasteiger partial charge is 0.241 e. The molecule has 1 saturated heterocycles. The fourth-order valence-corrected chi connectivity index (χ4v) is 4.29. The molecule has 0 unspecified atom stereocenters. The zero-order valence-corrected chi connectivity index (χ0v) is 14.6. The lowest BCUT2D eigenvalue weighted by atomic mass is 9.93. The summed E-state index contributed by atoms with van der Waals surface area (Å²) in [7, 11) is 0. The molecule has 3 nitrogen and oxygen atoms in total. The molecule has 1 N–H and O–H groups in total. The second-order valence-corrected chi connectivity index (χ2v) is 7.26. The lowest BCUT2D eigenvalue weighted by Gasteiger charge is -2.35. The molecule has 1 saturated carbocycles. The Hall–Kier alpha value is -2.13. The van der Waals surface area contributed by atoms with E-state index < -0.39 is 0 Å². The molecule has 1 amide bonds. The normalized spacial score (nSPS) is 24.6. The number of hydrogen-bond donors (Lipinski definition) is 1. The molecule has 0 spiro atoms. The van der Waals surface area contributed by atoms with Crippen molar-refractivity contribution in [2.75, 3.05) is 0 Å². The molecule has 2 aliphatic rings. The van der Waals surface area contributed by atoms with E-state index in [0.717, 1.165) is 19.3 Å². The lowest BCUT2D eigenvalue weighted by Crippen LogP contribution is -2.41. The highest BCUT2D eigenvalue weighted by Gasteiger charge is 2.43. The van der Waals surface area contributed by atoms with Crippen molar-refractivity contribution >= 4 is 5.91 Å². The SMILES string of the molecule is O=C1[C@H](Cc2ccccc2)N[C@@H](c2ccccc2)N1C1CCCCC1. The van der Waals surface area contributed by atoms with Crippen LogP contribution in [0.1, 0.15) is 49.4 Å². The highest BCUT2D eigenvalue weighted by atomic mass is 16.2. The summed E-state index contributed by atoms with van der Waals surface area (Å²) >= 11 is 0. The summed E-state index contributed by atoms with van der Waals surface area (Å²) in [5, 5.41) is 3.63. The molecular formula is C22H26N2O. The molecule has 2 aromatic rings. The van der Waals surface area contributed by atoms with Gasteiger partial charge in [0.15, 0.2) is 0 Å². The molecule has 2 fully saturated rings. The van der Waals surface area contributed by atoms with E-state index in [1.165, 1.54) is 30.4 Å². The van der Waals surface area contributed by atoms with Crippen LogP contribution in [0.15, 0.2) is 60.7 Å². The van der Waals surface area contributed by atoms with Gasteiger partial charge >= 0.3 is 0 Å². The quantitative estimate of drug-likeness (QED) is 0.914. The van der Waals surface area contributed by atoms with Crippen LogP contribution in [-0.2, 0) is 11.2 Å². The second-order valence-electron chi connectivity index (χ2n) is 7.26. The van der Waals surface area contributed by atoms with Crippen molar-refractivity contribution in [1.29, 1.82) is 0 Å². The highest BCUT2D eigenvalue weighted by molar-refractivity contribution is 5.85. The molecule has 130 valence electrons. The number of carbonyl (C=O) groups is 1. The Morgan fingerprint density at radius 2 is 1.52 bits per heavy atom. The Morgan fingerprint density at radius 3 is 2.20 bits per heavy atom. The van der Waals surface area contributed by atoms with Crippen molar-refractivity contribution in [3.05, 3.63) is 71.8 Å². The van der Waals surface area contributed by atoms with Crippen molar-refractivity contribution in [2.45, 2.75) is 56.8 Å². The van der Waals surface area contributed by atoms with Gasteiger partial charge in [-0.05, 0) is 30.4 Å². The Balaban J connectivity index is 1.60. The molecule has 1 aliphatic carbocycles. The third kappa shape index (κ3) is 3.47. The van der Waals surface area contributed by atoms with Crippen LogP contribution < -0.4 is 5.32 Å². The van der Waals surface area contributed by atoms with Crippen molar-refractivity contribution in [3.8, 4) is 0 Å². The number of rotatable bonds is 4. The van der Waals surface area contributed by atoms with Gasteiger partial charge in [-0.25, -0.2) is 0 Å². The first-order valence-corrected chi connectivity index (χ1v) is 9.50. The number of amides is 1. The summed E-state index contributed by atoms with van der Waals surface area (Å²) in [6.45, 7) is 0. The van der Waals surface area contributed by atoms with Crippen LogP contribution in [-0.4, -0.2) is 22.9 Å². The number of nitrogens with one attached hydrogen (secondary N) is 1. The Kier molecular flexibility index (Phi) is 4.84. The molecule has 25 heavy (non-hydrogen) atoms. The van der Waals surface area contributed by atoms with Gasteiger partial charge in [0.05, 0.1) is 6.04 Å². The van der Waals surface area contributed by atoms with Gasteiger partial charge in [-0.15, -0.1) is 0 Å². The highest BCUT2D eigenvalue weighted by Crippen LogP contribution is 2.34. The van der Waals surface area contributed by atoms with Gasteiger partial charge in [0.1, 0.15) is 6.17 Å². The number of carbonyl (C=O) groups excluding carboxylic acids is 1. The molecule has 1 aliphatic heterocycles. The minimum Gasteiger partial charge on any atom is -0.319 e. The van der Waals surface area contributed by atoms with Gasteiger partial charge in [-0.2, -0.15) is 0 Å². The van der Waals surface area contributed by atoms with E-state index in [9.17, 15) is 4.79 Å². The van der Waals surface area contributed by atoms with E-state index in [-0.39, 0.29) is 18.1 Å². The summed E-state index contributed by atoms with van der Waals surface area (Å²) in [6, 6.07) is 21.0. The maximum atomic E-state index is 13.3. The fourth-order valence-electron chi connectivity index (χ4n) is 4.29. The number of nitrogens with zero attached hydrogens (tertiary/aromatic N) is 1. The predicted octanol–water partition coefficient (Wildman–Crippen LogP) is 4.06. The van der Waals surface area contributed by atoms with E-state index in [1.807, 2.05) is 24.3 Å². The largest absolute Gasteiger partial charge is 0.319 e. The Labute approximate surface area is 150 Å². The van der Waals surface area contributed by atoms with Crippen molar-refractivity contribution < 1.29 is 4.79 Å². The van der Waals surface area contributed by atoms with E-state index in [1.54, 1.807) is 0 Å². The summed E-state index contributed by atoms with van der Waals surface area (Å²) in [4.78, 5) is 15.4. The predicted molar refractivity (Wildman–Crippen MR) is 100.0 cm³/mol.